The third kappa shape index (κ3) is 3.20. The number of fused-ring (bicyclic) bond motifs is 1. The number of carbonyl (C=O) groups is 1. The van der Waals surface area contributed by atoms with Crippen LogP contribution in [0, 0.1) is 13.8 Å². The van der Waals surface area contributed by atoms with Gasteiger partial charge in [0.25, 0.3) is 0 Å². The van der Waals surface area contributed by atoms with Gasteiger partial charge in [-0.1, -0.05) is 59.6 Å². The summed E-state index contributed by atoms with van der Waals surface area (Å²) < 4.78 is 0. The normalized spacial score (nSPS) is 28.3. The van der Waals surface area contributed by atoms with Crippen LogP contribution in [-0.2, 0) is 4.79 Å². The lowest BCUT2D eigenvalue weighted by Crippen LogP contribution is -2.67. The molecule has 3 unspecified atom stereocenters. The standard InChI is InChI=1S/C25H28ClN3O/c1-4-11-29-15-24(27)13-21(19-10-7-17(3)12-22(19)26)20(14-25(24,28)23(29)30)18-8-5-16(2)6-9-18/h4-10,12,14,21H,1,11,13,15,27-28H2,2-3H3. The molecule has 4 rings (SSSR count). The highest BCUT2D eigenvalue weighted by Crippen LogP contribution is 2.50. The zero-order valence-electron chi connectivity index (χ0n) is 17.5. The van der Waals surface area contributed by atoms with E-state index < -0.39 is 11.1 Å². The van der Waals surface area contributed by atoms with Crippen LogP contribution in [0.1, 0.15) is 34.6 Å². The Morgan fingerprint density at radius 3 is 2.47 bits per heavy atom. The van der Waals surface area contributed by atoms with E-state index in [9.17, 15) is 4.79 Å². The molecular weight excluding hydrogens is 394 g/mol. The second kappa shape index (κ2) is 7.38. The van der Waals surface area contributed by atoms with Gasteiger partial charge < -0.3 is 16.4 Å². The largest absolute Gasteiger partial charge is 0.335 e. The van der Waals surface area contributed by atoms with Gasteiger partial charge >= 0.3 is 0 Å². The number of carbonyl (C=O) groups excluding carboxylic acids is 1. The molecule has 0 bridgehead atoms. The van der Waals surface area contributed by atoms with E-state index in [1.165, 1.54) is 5.56 Å². The van der Waals surface area contributed by atoms with Crippen molar-refractivity contribution in [1.82, 2.24) is 4.90 Å². The fourth-order valence-electron chi connectivity index (χ4n) is 4.80. The maximum atomic E-state index is 13.2. The summed E-state index contributed by atoms with van der Waals surface area (Å²) in [5.74, 6) is -0.207. The molecule has 0 radical (unpaired) electrons. The van der Waals surface area contributed by atoms with E-state index in [1.807, 2.05) is 19.1 Å². The van der Waals surface area contributed by atoms with E-state index in [1.54, 1.807) is 11.0 Å². The Kier molecular flexibility index (Phi) is 5.13. The van der Waals surface area contributed by atoms with E-state index in [0.29, 0.717) is 24.5 Å². The number of hydrogen-bond donors (Lipinski definition) is 2. The second-order valence-electron chi connectivity index (χ2n) is 8.75. The Bertz CT molecular complexity index is 1040. The van der Waals surface area contributed by atoms with E-state index in [-0.39, 0.29) is 11.8 Å². The van der Waals surface area contributed by atoms with Crippen molar-refractivity contribution < 1.29 is 4.79 Å². The predicted molar refractivity (Wildman–Crippen MR) is 123 cm³/mol. The number of allylic oxidation sites excluding steroid dienone is 1. The molecule has 0 saturated carbocycles. The first-order chi connectivity index (χ1) is 14.2. The van der Waals surface area contributed by atoms with Gasteiger partial charge in [-0.3, -0.25) is 4.79 Å². The third-order valence-electron chi connectivity index (χ3n) is 6.53. The minimum atomic E-state index is -1.26. The Balaban J connectivity index is 1.90. The third-order valence-corrected chi connectivity index (χ3v) is 6.86. The summed E-state index contributed by atoms with van der Waals surface area (Å²) in [6.45, 7) is 8.66. The van der Waals surface area contributed by atoms with Gasteiger partial charge in [-0.15, -0.1) is 6.58 Å². The Morgan fingerprint density at radius 1 is 1.17 bits per heavy atom. The molecule has 1 aliphatic heterocycles. The summed E-state index contributed by atoms with van der Waals surface area (Å²) in [5.41, 5.74) is 16.8. The van der Waals surface area contributed by atoms with Crippen LogP contribution in [0.25, 0.3) is 5.57 Å². The van der Waals surface area contributed by atoms with E-state index in [4.69, 9.17) is 23.1 Å². The number of halogens is 1. The zero-order valence-corrected chi connectivity index (χ0v) is 18.2. The van der Waals surface area contributed by atoms with Crippen molar-refractivity contribution in [2.75, 3.05) is 13.1 Å². The molecule has 1 fully saturated rings. The number of aryl methyl sites for hydroxylation is 2. The minimum Gasteiger partial charge on any atom is -0.335 e. The number of rotatable bonds is 4. The Hall–Kier alpha value is -2.40. The first-order valence-corrected chi connectivity index (χ1v) is 10.6. The molecule has 2 aliphatic rings. The maximum absolute atomic E-state index is 13.2. The molecule has 0 aromatic heterocycles. The fourth-order valence-corrected chi connectivity index (χ4v) is 5.17. The quantitative estimate of drug-likeness (QED) is 0.734. The first kappa shape index (κ1) is 20.9. The van der Waals surface area contributed by atoms with E-state index >= 15 is 0 Å². The van der Waals surface area contributed by atoms with Gasteiger partial charge in [0, 0.05) is 24.0 Å². The van der Waals surface area contributed by atoms with Crippen LogP contribution in [0.5, 0.6) is 0 Å². The van der Waals surface area contributed by atoms with Gasteiger partial charge in [0.2, 0.25) is 5.91 Å². The summed E-state index contributed by atoms with van der Waals surface area (Å²) in [6, 6.07) is 14.4. The minimum absolute atomic E-state index is 0.0565. The van der Waals surface area contributed by atoms with Crippen LogP contribution in [0.2, 0.25) is 5.02 Å². The molecule has 1 aliphatic carbocycles. The highest BCUT2D eigenvalue weighted by molar-refractivity contribution is 6.31. The maximum Gasteiger partial charge on any atom is 0.249 e. The number of likely N-dealkylation sites (tertiary alicyclic amines) is 1. The Labute approximate surface area is 183 Å². The number of benzene rings is 2. The number of amides is 1. The van der Waals surface area contributed by atoms with Crippen molar-refractivity contribution in [3.05, 3.63) is 88.5 Å². The molecule has 1 amide bonds. The molecule has 156 valence electrons. The second-order valence-corrected chi connectivity index (χ2v) is 9.15. The number of hydrogen-bond acceptors (Lipinski definition) is 3. The van der Waals surface area contributed by atoms with Crippen molar-refractivity contribution in [3.63, 3.8) is 0 Å². The van der Waals surface area contributed by atoms with Crippen LogP contribution < -0.4 is 11.5 Å². The van der Waals surface area contributed by atoms with Gasteiger partial charge in [-0.25, -0.2) is 0 Å². The number of nitrogens with zero attached hydrogens (tertiary/aromatic N) is 1. The van der Waals surface area contributed by atoms with Crippen LogP contribution in [0.4, 0.5) is 0 Å². The topological polar surface area (TPSA) is 72.3 Å². The summed E-state index contributed by atoms with van der Waals surface area (Å²) in [5, 5.41) is 0.707. The van der Waals surface area contributed by atoms with E-state index in [2.05, 4.69) is 49.9 Å². The molecule has 4 N–H and O–H groups in total. The lowest BCUT2D eigenvalue weighted by atomic mass is 9.64. The molecule has 30 heavy (non-hydrogen) atoms. The molecule has 4 nitrogen and oxygen atoms in total. The number of nitrogens with two attached hydrogens (primary N) is 2. The molecule has 2 aromatic carbocycles. The highest BCUT2D eigenvalue weighted by Gasteiger charge is 2.61. The fraction of sp³-hybridized carbons (Fsp3) is 0.320. The van der Waals surface area contributed by atoms with Gasteiger partial charge in [0.1, 0.15) is 5.54 Å². The van der Waals surface area contributed by atoms with Crippen molar-refractivity contribution in [3.8, 4) is 0 Å². The molecular formula is C25H28ClN3O. The summed E-state index contributed by atoms with van der Waals surface area (Å²) in [4.78, 5) is 14.9. The Morgan fingerprint density at radius 2 is 1.83 bits per heavy atom. The van der Waals surface area contributed by atoms with Crippen molar-refractivity contribution in [2.24, 2.45) is 11.5 Å². The lowest BCUT2D eigenvalue weighted by molar-refractivity contribution is -0.130. The summed E-state index contributed by atoms with van der Waals surface area (Å²) >= 11 is 6.68. The molecule has 3 atom stereocenters. The summed E-state index contributed by atoms with van der Waals surface area (Å²) in [7, 11) is 0. The molecule has 1 saturated heterocycles. The van der Waals surface area contributed by atoms with Crippen LogP contribution in [0.3, 0.4) is 0 Å². The van der Waals surface area contributed by atoms with Gasteiger partial charge in [-0.2, -0.15) is 0 Å². The first-order valence-electron chi connectivity index (χ1n) is 10.2. The van der Waals surface area contributed by atoms with Crippen LogP contribution >= 0.6 is 11.6 Å². The van der Waals surface area contributed by atoms with Gasteiger partial charge in [0.15, 0.2) is 0 Å². The monoisotopic (exact) mass is 421 g/mol. The van der Waals surface area contributed by atoms with Gasteiger partial charge in [-0.05, 0) is 54.7 Å². The van der Waals surface area contributed by atoms with Crippen LogP contribution in [0.15, 0.2) is 61.2 Å². The van der Waals surface area contributed by atoms with Gasteiger partial charge in [0.05, 0.1) is 5.54 Å². The molecule has 1 heterocycles. The predicted octanol–water partition coefficient (Wildman–Crippen LogP) is 3.95. The molecule has 0 spiro atoms. The zero-order chi connectivity index (χ0) is 21.7. The average Bonchev–Trinajstić information content (AvgIpc) is 2.88. The average molecular weight is 422 g/mol. The highest BCUT2D eigenvalue weighted by atomic mass is 35.5. The van der Waals surface area contributed by atoms with Crippen LogP contribution in [-0.4, -0.2) is 35.0 Å². The molecule has 2 aromatic rings. The van der Waals surface area contributed by atoms with Crippen molar-refractivity contribution >= 4 is 23.1 Å². The summed E-state index contributed by atoms with van der Waals surface area (Å²) in [6.07, 6.45) is 4.14. The SMILES string of the molecule is C=CCN1CC2(N)CC(c3ccc(C)cc3Cl)C(c3ccc(C)cc3)=CC2(N)C1=O. The lowest BCUT2D eigenvalue weighted by Gasteiger charge is -2.44. The van der Waals surface area contributed by atoms with Crippen molar-refractivity contribution in [2.45, 2.75) is 37.3 Å². The van der Waals surface area contributed by atoms with Crippen molar-refractivity contribution in [1.29, 1.82) is 0 Å². The molecule has 5 heteroatoms. The smallest absolute Gasteiger partial charge is 0.249 e. The van der Waals surface area contributed by atoms with E-state index in [0.717, 1.165) is 22.3 Å².